The zero-order valence-electron chi connectivity index (χ0n) is 15.5. The number of aromatic nitrogens is 4. The smallest absolute Gasteiger partial charge is 0.338 e. The summed E-state index contributed by atoms with van der Waals surface area (Å²) >= 11 is 0. The predicted molar refractivity (Wildman–Crippen MR) is 98.6 cm³/mol. The molecule has 1 fully saturated rings. The van der Waals surface area contributed by atoms with Gasteiger partial charge >= 0.3 is 11.9 Å². The van der Waals surface area contributed by atoms with Gasteiger partial charge in [-0.1, -0.05) is 23.7 Å². The molecule has 2 heterocycles. The van der Waals surface area contributed by atoms with E-state index in [4.69, 9.17) is 9.84 Å². The molecule has 1 aromatic carbocycles. The van der Waals surface area contributed by atoms with Crippen molar-refractivity contribution in [2.45, 2.75) is 51.2 Å². The van der Waals surface area contributed by atoms with Crippen LogP contribution in [0.2, 0.25) is 0 Å². The summed E-state index contributed by atoms with van der Waals surface area (Å²) in [6, 6.07) is 5.76. The summed E-state index contributed by atoms with van der Waals surface area (Å²) < 4.78 is 7.31. The van der Waals surface area contributed by atoms with Crippen LogP contribution in [0.1, 0.15) is 61.0 Å². The Morgan fingerprint density at radius 1 is 1.18 bits per heavy atom. The van der Waals surface area contributed by atoms with Crippen molar-refractivity contribution in [1.82, 2.24) is 20.2 Å². The lowest BCUT2D eigenvalue weighted by molar-refractivity contribution is -0.146. The Morgan fingerprint density at radius 3 is 2.57 bits per heavy atom. The highest BCUT2D eigenvalue weighted by Gasteiger charge is 2.36. The minimum absolute atomic E-state index is 0.0770. The van der Waals surface area contributed by atoms with Crippen molar-refractivity contribution >= 4 is 17.9 Å². The summed E-state index contributed by atoms with van der Waals surface area (Å²) in [6.07, 6.45) is 4.96. The zero-order chi connectivity index (χ0) is 19.7. The SMILES string of the molecule is CC1=C(C(=O)OC2CCCCC2)[C@H](c2ccc(C(=O)O)cc2)n2nnnc2N1. The molecule has 1 aliphatic carbocycles. The second-order valence-corrected chi connectivity index (χ2v) is 7.11. The molecule has 2 aromatic rings. The average Bonchev–Trinajstić information content (AvgIpc) is 3.15. The fourth-order valence-corrected chi connectivity index (χ4v) is 3.79. The van der Waals surface area contributed by atoms with Gasteiger partial charge in [-0.05, 0) is 60.7 Å². The van der Waals surface area contributed by atoms with Crippen molar-refractivity contribution in [2.24, 2.45) is 0 Å². The van der Waals surface area contributed by atoms with Crippen LogP contribution in [0, 0.1) is 0 Å². The molecule has 2 N–H and O–H groups in total. The molecule has 0 amide bonds. The second-order valence-electron chi connectivity index (χ2n) is 7.11. The Labute approximate surface area is 161 Å². The summed E-state index contributed by atoms with van der Waals surface area (Å²) in [5.41, 5.74) is 1.92. The minimum Gasteiger partial charge on any atom is -0.478 e. The molecule has 146 valence electrons. The third kappa shape index (κ3) is 3.35. The maximum absolute atomic E-state index is 13.1. The lowest BCUT2D eigenvalue weighted by Gasteiger charge is -2.29. The maximum atomic E-state index is 13.1. The van der Waals surface area contributed by atoms with E-state index in [0.29, 0.717) is 22.8 Å². The normalized spacial score (nSPS) is 19.7. The minimum atomic E-state index is -1.01. The molecule has 4 rings (SSSR count). The molecule has 0 radical (unpaired) electrons. The number of carbonyl (C=O) groups is 2. The average molecular weight is 383 g/mol. The van der Waals surface area contributed by atoms with E-state index in [-0.39, 0.29) is 11.7 Å². The van der Waals surface area contributed by atoms with Crippen LogP contribution in [0.5, 0.6) is 0 Å². The van der Waals surface area contributed by atoms with E-state index in [1.165, 1.54) is 23.2 Å². The first-order valence-electron chi connectivity index (χ1n) is 9.34. The van der Waals surface area contributed by atoms with Gasteiger partial charge in [0.1, 0.15) is 12.1 Å². The Balaban J connectivity index is 1.69. The lowest BCUT2D eigenvalue weighted by Crippen LogP contribution is -2.32. The summed E-state index contributed by atoms with van der Waals surface area (Å²) in [7, 11) is 0. The van der Waals surface area contributed by atoms with E-state index in [1.807, 2.05) is 0 Å². The van der Waals surface area contributed by atoms with Gasteiger partial charge in [-0.2, -0.15) is 4.68 Å². The highest BCUT2D eigenvalue weighted by atomic mass is 16.5. The van der Waals surface area contributed by atoms with E-state index in [2.05, 4.69) is 20.8 Å². The van der Waals surface area contributed by atoms with Crippen molar-refractivity contribution in [1.29, 1.82) is 0 Å². The quantitative estimate of drug-likeness (QED) is 0.773. The molecule has 0 spiro atoms. The van der Waals surface area contributed by atoms with Gasteiger partial charge in [0.25, 0.3) is 0 Å². The number of allylic oxidation sites excluding steroid dienone is 1. The van der Waals surface area contributed by atoms with Gasteiger partial charge in [0.2, 0.25) is 5.95 Å². The number of ether oxygens (including phenoxy) is 1. The van der Waals surface area contributed by atoms with Gasteiger partial charge in [0.15, 0.2) is 0 Å². The molecule has 9 nitrogen and oxygen atoms in total. The summed E-state index contributed by atoms with van der Waals surface area (Å²) in [6.45, 7) is 1.79. The van der Waals surface area contributed by atoms with Gasteiger partial charge in [0.05, 0.1) is 11.1 Å². The van der Waals surface area contributed by atoms with E-state index in [9.17, 15) is 9.59 Å². The number of aromatic carboxylic acids is 1. The van der Waals surface area contributed by atoms with E-state index >= 15 is 0 Å². The number of hydrogen-bond acceptors (Lipinski definition) is 7. The van der Waals surface area contributed by atoms with Gasteiger partial charge in [-0.15, -0.1) is 0 Å². The Bertz CT molecular complexity index is 928. The van der Waals surface area contributed by atoms with Crippen LogP contribution < -0.4 is 5.32 Å². The van der Waals surface area contributed by atoms with Crippen LogP contribution in [0.3, 0.4) is 0 Å². The molecule has 1 aromatic heterocycles. The van der Waals surface area contributed by atoms with Gasteiger partial charge in [-0.25, -0.2) is 9.59 Å². The third-order valence-electron chi connectivity index (χ3n) is 5.23. The molecule has 1 atom stereocenters. The fraction of sp³-hybridized carbons (Fsp3) is 0.421. The monoisotopic (exact) mass is 383 g/mol. The standard InChI is InChI=1S/C19H21N5O4/c1-11-15(18(27)28-14-5-3-2-4-6-14)16(24-19(20-11)21-22-23-24)12-7-9-13(10-8-12)17(25)26/h7-10,14,16H,2-6H2,1H3,(H,25,26)(H,20,21,23)/t16-/m0/s1. The number of tetrazole rings is 1. The molecule has 1 aliphatic heterocycles. The van der Waals surface area contributed by atoms with Crippen molar-refractivity contribution < 1.29 is 19.4 Å². The van der Waals surface area contributed by atoms with Crippen LogP contribution in [0.4, 0.5) is 5.95 Å². The number of carbonyl (C=O) groups excluding carboxylic acids is 1. The molecule has 0 bridgehead atoms. The molecular formula is C19H21N5O4. The molecule has 1 saturated carbocycles. The highest BCUT2D eigenvalue weighted by molar-refractivity contribution is 5.92. The number of esters is 1. The number of fused-ring (bicyclic) bond motifs is 1. The summed E-state index contributed by atoms with van der Waals surface area (Å²) in [5.74, 6) is -0.993. The van der Waals surface area contributed by atoms with Crippen LogP contribution in [-0.4, -0.2) is 43.4 Å². The van der Waals surface area contributed by atoms with Gasteiger partial charge in [0, 0.05) is 5.70 Å². The molecule has 0 saturated heterocycles. The summed E-state index contributed by atoms with van der Waals surface area (Å²) in [5, 5.41) is 23.9. The largest absolute Gasteiger partial charge is 0.478 e. The molecule has 0 unspecified atom stereocenters. The number of nitrogens with zero attached hydrogens (tertiary/aromatic N) is 4. The Morgan fingerprint density at radius 2 is 1.89 bits per heavy atom. The van der Waals surface area contributed by atoms with Gasteiger partial charge < -0.3 is 15.2 Å². The van der Waals surface area contributed by atoms with Crippen molar-refractivity contribution in [3.8, 4) is 0 Å². The molecule has 28 heavy (non-hydrogen) atoms. The van der Waals surface area contributed by atoms with Crippen LogP contribution in [0.25, 0.3) is 0 Å². The molecular weight excluding hydrogens is 362 g/mol. The first kappa shape index (κ1) is 18.1. The van der Waals surface area contributed by atoms with Crippen molar-refractivity contribution in [2.75, 3.05) is 5.32 Å². The lowest BCUT2D eigenvalue weighted by atomic mass is 9.94. The predicted octanol–water partition coefficient (Wildman–Crippen LogP) is 2.54. The first-order chi connectivity index (χ1) is 13.5. The number of benzene rings is 1. The number of carboxylic acids is 1. The zero-order valence-corrected chi connectivity index (χ0v) is 15.5. The van der Waals surface area contributed by atoms with E-state index in [0.717, 1.165) is 25.7 Å². The van der Waals surface area contributed by atoms with Gasteiger partial charge in [-0.3, -0.25) is 0 Å². The Hall–Kier alpha value is -3.23. The maximum Gasteiger partial charge on any atom is 0.338 e. The fourth-order valence-electron chi connectivity index (χ4n) is 3.79. The topological polar surface area (TPSA) is 119 Å². The van der Waals surface area contributed by atoms with Crippen LogP contribution in [0.15, 0.2) is 35.5 Å². The number of carboxylic acid groups (broad SMARTS) is 1. The van der Waals surface area contributed by atoms with Crippen molar-refractivity contribution in [3.05, 3.63) is 46.7 Å². The highest BCUT2D eigenvalue weighted by Crippen LogP contribution is 2.35. The number of hydrogen-bond donors (Lipinski definition) is 2. The van der Waals surface area contributed by atoms with Crippen LogP contribution >= 0.6 is 0 Å². The second kappa shape index (κ2) is 7.41. The molecule has 9 heteroatoms. The molecule has 2 aliphatic rings. The van der Waals surface area contributed by atoms with Crippen LogP contribution in [-0.2, 0) is 9.53 Å². The van der Waals surface area contributed by atoms with E-state index < -0.39 is 18.0 Å². The number of nitrogens with one attached hydrogen (secondary N) is 1. The Kier molecular flexibility index (Phi) is 4.81. The summed E-state index contributed by atoms with van der Waals surface area (Å²) in [4.78, 5) is 24.2. The van der Waals surface area contributed by atoms with Crippen molar-refractivity contribution in [3.63, 3.8) is 0 Å². The first-order valence-corrected chi connectivity index (χ1v) is 9.34. The number of anilines is 1. The number of rotatable bonds is 4. The third-order valence-corrected chi connectivity index (χ3v) is 5.23. The van der Waals surface area contributed by atoms with E-state index in [1.54, 1.807) is 19.1 Å².